The number of nitrogens with one attached hydrogen (secondary N) is 1. The van der Waals surface area contributed by atoms with Crippen LogP contribution in [0.1, 0.15) is 37.8 Å². The molecule has 21 heavy (non-hydrogen) atoms. The Kier molecular flexibility index (Phi) is 5.28. The number of nitrogens with zero attached hydrogens (tertiary/aromatic N) is 2. The lowest BCUT2D eigenvalue weighted by Gasteiger charge is -2.17. The molecule has 1 atom stereocenters. The number of hydrogen-bond donors (Lipinski definition) is 1. The van der Waals surface area contributed by atoms with Gasteiger partial charge in [-0.05, 0) is 20.3 Å². The maximum atomic E-state index is 5.50. The third kappa shape index (κ3) is 3.39. The first kappa shape index (κ1) is 15.4. The smallest absolute Gasteiger partial charge is 0.160 e. The van der Waals surface area contributed by atoms with Crippen LogP contribution in [0.5, 0.6) is 0 Å². The molecule has 4 nitrogen and oxygen atoms in total. The molecule has 1 unspecified atom stereocenters. The predicted octanol–water partition coefficient (Wildman–Crippen LogP) is 3.98. The van der Waals surface area contributed by atoms with E-state index in [1.165, 1.54) is 0 Å². The number of aromatic nitrogens is 2. The SMILES string of the molecule is CCNc1nc(C(CC)OC)nc(-c2ccccc2)c1C. The summed E-state index contributed by atoms with van der Waals surface area (Å²) in [6.07, 6.45) is 0.768. The van der Waals surface area contributed by atoms with Gasteiger partial charge in [0.25, 0.3) is 0 Å². The van der Waals surface area contributed by atoms with Crippen LogP contribution in [0.4, 0.5) is 5.82 Å². The minimum absolute atomic E-state index is 0.0783. The second kappa shape index (κ2) is 7.18. The summed E-state index contributed by atoms with van der Waals surface area (Å²) in [6.45, 7) is 7.02. The summed E-state index contributed by atoms with van der Waals surface area (Å²) in [4.78, 5) is 9.39. The zero-order chi connectivity index (χ0) is 15.2. The first-order valence-corrected chi connectivity index (χ1v) is 7.41. The highest BCUT2D eigenvalue weighted by Crippen LogP contribution is 2.28. The Hall–Kier alpha value is -1.94. The Morgan fingerprint density at radius 2 is 1.86 bits per heavy atom. The average Bonchev–Trinajstić information content (AvgIpc) is 2.52. The van der Waals surface area contributed by atoms with Crippen LogP contribution < -0.4 is 5.32 Å². The molecule has 4 heteroatoms. The summed E-state index contributed by atoms with van der Waals surface area (Å²) < 4.78 is 5.50. The summed E-state index contributed by atoms with van der Waals surface area (Å²) >= 11 is 0. The molecule has 0 aliphatic heterocycles. The van der Waals surface area contributed by atoms with E-state index in [9.17, 15) is 0 Å². The number of benzene rings is 1. The highest BCUT2D eigenvalue weighted by molar-refractivity contribution is 5.68. The van der Waals surface area contributed by atoms with Gasteiger partial charge in [-0.2, -0.15) is 0 Å². The van der Waals surface area contributed by atoms with Gasteiger partial charge in [0.15, 0.2) is 5.82 Å². The Labute approximate surface area is 126 Å². The Morgan fingerprint density at radius 3 is 2.43 bits per heavy atom. The van der Waals surface area contributed by atoms with Crippen LogP contribution in [0.15, 0.2) is 30.3 Å². The molecular weight excluding hydrogens is 262 g/mol. The number of ether oxygens (including phenoxy) is 1. The molecular formula is C17H23N3O. The maximum absolute atomic E-state index is 5.50. The van der Waals surface area contributed by atoms with E-state index in [0.29, 0.717) is 0 Å². The van der Waals surface area contributed by atoms with Gasteiger partial charge in [0.1, 0.15) is 11.9 Å². The molecule has 1 heterocycles. The summed E-state index contributed by atoms with van der Waals surface area (Å²) in [5.41, 5.74) is 3.13. The molecule has 0 fully saturated rings. The van der Waals surface area contributed by atoms with Crippen molar-refractivity contribution in [1.82, 2.24) is 9.97 Å². The molecule has 112 valence electrons. The molecule has 0 saturated heterocycles. The third-order valence-corrected chi connectivity index (χ3v) is 3.50. The molecule has 0 saturated carbocycles. The van der Waals surface area contributed by atoms with Gasteiger partial charge < -0.3 is 10.1 Å². The van der Waals surface area contributed by atoms with Gasteiger partial charge in [-0.3, -0.25) is 0 Å². The van der Waals surface area contributed by atoms with E-state index in [0.717, 1.165) is 41.4 Å². The van der Waals surface area contributed by atoms with Crippen molar-refractivity contribution in [3.05, 3.63) is 41.7 Å². The van der Waals surface area contributed by atoms with Crippen molar-refractivity contribution >= 4 is 5.82 Å². The number of methoxy groups -OCH3 is 1. The van der Waals surface area contributed by atoms with Crippen molar-refractivity contribution in [3.63, 3.8) is 0 Å². The fourth-order valence-corrected chi connectivity index (χ4v) is 2.35. The fourth-order valence-electron chi connectivity index (χ4n) is 2.35. The molecule has 1 N–H and O–H groups in total. The highest BCUT2D eigenvalue weighted by atomic mass is 16.5. The predicted molar refractivity (Wildman–Crippen MR) is 86.4 cm³/mol. The normalized spacial score (nSPS) is 12.2. The standard InChI is InChI=1S/C17H23N3O/c1-5-14(21-4)17-19-15(13-10-8-7-9-11-13)12(3)16(20-17)18-6-2/h7-11,14H,5-6H2,1-4H3,(H,18,19,20). The van der Waals surface area contributed by atoms with Gasteiger partial charge in [-0.25, -0.2) is 9.97 Å². The van der Waals surface area contributed by atoms with Gasteiger partial charge in [0, 0.05) is 24.8 Å². The van der Waals surface area contributed by atoms with E-state index in [4.69, 9.17) is 9.72 Å². The monoisotopic (exact) mass is 285 g/mol. The zero-order valence-corrected chi connectivity index (χ0v) is 13.2. The van der Waals surface area contributed by atoms with E-state index >= 15 is 0 Å². The highest BCUT2D eigenvalue weighted by Gasteiger charge is 2.17. The number of anilines is 1. The van der Waals surface area contributed by atoms with E-state index < -0.39 is 0 Å². The van der Waals surface area contributed by atoms with E-state index in [1.54, 1.807) is 7.11 Å². The van der Waals surface area contributed by atoms with Crippen LogP contribution in [0.2, 0.25) is 0 Å². The van der Waals surface area contributed by atoms with Crippen LogP contribution in [0.25, 0.3) is 11.3 Å². The van der Waals surface area contributed by atoms with Gasteiger partial charge in [0.05, 0.1) is 5.69 Å². The summed E-state index contributed by atoms with van der Waals surface area (Å²) in [7, 11) is 1.70. The van der Waals surface area contributed by atoms with Crippen LogP contribution in [0, 0.1) is 6.92 Å². The quantitative estimate of drug-likeness (QED) is 0.872. The molecule has 1 aromatic carbocycles. The fraction of sp³-hybridized carbons (Fsp3) is 0.412. The minimum atomic E-state index is -0.0783. The van der Waals surface area contributed by atoms with Crippen molar-refractivity contribution in [2.45, 2.75) is 33.3 Å². The van der Waals surface area contributed by atoms with Crippen molar-refractivity contribution in [1.29, 1.82) is 0 Å². The molecule has 0 aliphatic rings. The van der Waals surface area contributed by atoms with Crippen molar-refractivity contribution in [2.75, 3.05) is 19.0 Å². The van der Waals surface area contributed by atoms with Gasteiger partial charge in [-0.1, -0.05) is 37.3 Å². The molecule has 0 radical (unpaired) electrons. The minimum Gasteiger partial charge on any atom is -0.373 e. The summed E-state index contributed by atoms with van der Waals surface area (Å²) in [5.74, 6) is 1.62. The molecule has 0 bridgehead atoms. The summed E-state index contributed by atoms with van der Waals surface area (Å²) in [6, 6.07) is 10.2. The Morgan fingerprint density at radius 1 is 1.14 bits per heavy atom. The van der Waals surface area contributed by atoms with Gasteiger partial charge in [0.2, 0.25) is 0 Å². The summed E-state index contributed by atoms with van der Waals surface area (Å²) in [5, 5.41) is 3.32. The molecule has 2 rings (SSSR count). The van der Waals surface area contributed by atoms with Gasteiger partial charge in [-0.15, -0.1) is 0 Å². The number of rotatable bonds is 6. The van der Waals surface area contributed by atoms with Crippen LogP contribution >= 0.6 is 0 Å². The van der Waals surface area contributed by atoms with Crippen LogP contribution in [-0.4, -0.2) is 23.6 Å². The first-order valence-electron chi connectivity index (χ1n) is 7.41. The van der Waals surface area contributed by atoms with Crippen LogP contribution in [-0.2, 0) is 4.74 Å². The van der Waals surface area contributed by atoms with E-state index in [1.807, 2.05) is 18.2 Å². The molecule has 2 aromatic rings. The Balaban J connectivity index is 2.57. The van der Waals surface area contributed by atoms with E-state index in [2.05, 4.69) is 43.2 Å². The largest absolute Gasteiger partial charge is 0.373 e. The lowest BCUT2D eigenvalue weighted by atomic mass is 10.1. The second-order valence-corrected chi connectivity index (χ2v) is 4.93. The van der Waals surface area contributed by atoms with Crippen molar-refractivity contribution in [3.8, 4) is 11.3 Å². The Bertz CT molecular complexity index is 580. The zero-order valence-electron chi connectivity index (χ0n) is 13.2. The lowest BCUT2D eigenvalue weighted by molar-refractivity contribution is 0.0928. The third-order valence-electron chi connectivity index (χ3n) is 3.50. The molecule has 0 aliphatic carbocycles. The molecule has 0 spiro atoms. The van der Waals surface area contributed by atoms with Crippen molar-refractivity contribution in [2.24, 2.45) is 0 Å². The number of hydrogen-bond acceptors (Lipinski definition) is 4. The van der Waals surface area contributed by atoms with Gasteiger partial charge >= 0.3 is 0 Å². The second-order valence-electron chi connectivity index (χ2n) is 4.93. The maximum Gasteiger partial charge on any atom is 0.160 e. The topological polar surface area (TPSA) is 47.0 Å². The first-order chi connectivity index (χ1) is 10.2. The molecule has 0 amide bonds. The van der Waals surface area contributed by atoms with Crippen LogP contribution in [0.3, 0.4) is 0 Å². The molecule has 1 aromatic heterocycles. The van der Waals surface area contributed by atoms with Crippen molar-refractivity contribution < 1.29 is 4.74 Å². The average molecular weight is 285 g/mol. The lowest BCUT2D eigenvalue weighted by Crippen LogP contribution is -2.12. The van der Waals surface area contributed by atoms with E-state index in [-0.39, 0.29) is 6.10 Å².